The molecule has 90 valence electrons. The summed E-state index contributed by atoms with van der Waals surface area (Å²) in [5, 5.41) is 9.43. The molecular formula is C11H12F3IO. The first kappa shape index (κ1) is 13.8. The number of rotatable bonds is 4. The monoisotopic (exact) mass is 344 g/mol. The van der Waals surface area contributed by atoms with Gasteiger partial charge in [0, 0.05) is 9.99 Å². The van der Waals surface area contributed by atoms with Gasteiger partial charge < -0.3 is 5.11 Å². The average Bonchev–Trinajstić information content (AvgIpc) is 2.18. The highest BCUT2D eigenvalue weighted by molar-refractivity contribution is 14.1. The van der Waals surface area contributed by atoms with E-state index in [4.69, 9.17) is 0 Å². The van der Waals surface area contributed by atoms with Gasteiger partial charge >= 0.3 is 6.18 Å². The van der Waals surface area contributed by atoms with E-state index in [0.29, 0.717) is 0 Å². The third-order valence-electron chi connectivity index (χ3n) is 2.15. The molecule has 0 saturated carbocycles. The van der Waals surface area contributed by atoms with Crippen molar-refractivity contribution in [2.75, 3.05) is 0 Å². The van der Waals surface area contributed by atoms with Crippen LogP contribution < -0.4 is 0 Å². The lowest BCUT2D eigenvalue weighted by atomic mass is 10.0. The Balaban J connectivity index is 2.39. The van der Waals surface area contributed by atoms with Crippen molar-refractivity contribution in [1.82, 2.24) is 0 Å². The van der Waals surface area contributed by atoms with E-state index in [2.05, 4.69) is 22.6 Å². The summed E-state index contributed by atoms with van der Waals surface area (Å²) in [6, 6.07) is 7.37. The standard InChI is InChI=1S/C11H12F3IO/c12-11(13,14)6-5-10(16)7-8-1-3-9(15)4-2-8/h1-4,10,16H,5-7H2. The second kappa shape index (κ2) is 5.86. The molecule has 1 aromatic rings. The molecule has 0 aliphatic heterocycles. The second-order valence-electron chi connectivity index (χ2n) is 3.64. The van der Waals surface area contributed by atoms with Crippen molar-refractivity contribution < 1.29 is 18.3 Å². The molecule has 0 aliphatic rings. The van der Waals surface area contributed by atoms with Gasteiger partial charge in [-0.15, -0.1) is 0 Å². The van der Waals surface area contributed by atoms with E-state index in [-0.39, 0.29) is 12.8 Å². The lowest BCUT2D eigenvalue weighted by Gasteiger charge is -2.12. The molecule has 0 spiro atoms. The number of hydrogen-bond acceptors (Lipinski definition) is 1. The van der Waals surface area contributed by atoms with Gasteiger partial charge in [0.1, 0.15) is 0 Å². The van der Waals surface area contributed by atoms with Crippen molar-refractivity contribution in [1.29, 1.82) is 0 Å². The fourth-order valence-corrected chi connectivity index (χ4v) is 1.68. The van der Waals surface area contributed by atoms with Crippen LogP contribution in [0.4, 0.5) is 13.2 Å². The minimum absolute atomic E-state index is 0.241. The number of hydrogen-bond donors (Lipinski definition) is 1. The molecule has 1 N–H and O–H groups in total. The van der Waals surface area contributed by atoms with Crippen molar-refractivity contribution in [3.05, 3.63) is 33.4 Å². The van der Waals surface area contributed by atoms with Gasteiger partial charge in [-0.2, -0.15) is 13.2 Å². The molecule has 1 nitrogen and oxygen atoms in total. The Morgan fingerprint density at radius 2 is 1.75 bits per heavy atom. The molecule has 0 aliphatic carbocycles. The first-order chi connectivity index (χ1) is 7.37. The minimum atomic E-state index is -4.19. The lowest BCUT2D eigenvalue weighted by Crippen LogP contribution is -2.16. The van der Waals surface area contributed by atoms with E-state index in [1.165, 1.54) is 0 Å². The smallest absolute Gasteiger partial charge is 0.389 e. The van der Waals surface area contributed by atoms with Crippen LogP contribution in [0.15, 0.2) is 24.3 Å². The van der Waals surface area contributed by atoms with Crippen LogP contribution in [0.5, 0.6) is 0 Å². The van der Waals surface area contributed by atoms with Gasteiger partial charge in [0.05, 0.1) is 6.10 Å². The molecule has 16 heavy (non-hydrogen) atoms. The molecule has 1 rings (SSSR count). The first-order valence-electron chi connectivity index (χ1n) is 4.86. The van der Waals surface area contributed by atoms with Crippen LogP contribution >= 0.6 is 22.6 Å². The number of aliphatic hydroxyl groups is 1. The number of halogens is 4. The highest BCUT2D eigenvalue weighted by Gasteiger charge is 2.27. The van der Waals surface area contributed by atoms with E-state index in [9.17, 15) is 18.3 Å². The molecule has 1 atom stereocenters. The highest BCUT2D eigenvalue weighted by atomic mass is 127. The highest BCUT2D eigenvalue weighted by Crippen LogP contribution is 2.23. The molecule has 0 saturated heterocycles. The largest absolute Gasteiger partial charge is 0.393 e. The molecule has 1 aromatic carbocycles. The normalized spacial score (nSPS) is 13.8. The van der Waals surface area contributed by atoms with Crippen LogP contribution in [0.1, 0.15) is 18.4 Å². The summed E-state index contributed by atoms with van der Waals surface area (Å²) in [5.74, 6) is 0. The third-order valence-corrected chi connectivity index (χ3v) is 2.86. The summed E-state index contributed by atoms with van der Waals surface area (Å²) in [4.78, 5) is 0. The predicted molar refractivity (Wildman–Crippen MR) is 64.2 cm³/mol. The van der Waals surface area contributed by atoms with Crippen molar-refractivity contribution in [3.63, 3.8) is 0 Å². The summed E-state index contributed by atoms with van der Waals surface area (Å²) in [6.07, 6.45) is -6.02. The van der Waals surface area contributed by atoms with Gasteiger partial charge in [0.2, 0.25) is 0 Å². The summed E-state index contributed by atoms with van der Waals surface area (Å²) >= 11 is 2.15. The van der Waals surface area contributed by atoms with Gasteiger partial charge in [0.15, 0.2) is 0 Å². The van der Waals surface area contributed by atoms with Crippen LogP contribution in [-0.4, -0.2) is 17.4 Å². The van der Waals surface area contributed by atoms with Crippen molar-refractivity contribution in [2.24, 2.45) is 0 Å². The maximum Gasteiger partial charge on any atom is 0.389 e. The maximum absolute atomic E-state index is 11.9. The Hall–Kier alpha value is -0.300. The first-order valence-corrected chi connectivity index (χ1v) is 5.94. The van der Waals surface area contributed by atoms with Gasteiger partial charge in [-0.25, -0.2) is 0 Å². The predicted octanol–water partition coefficient (Wildman–Crippen LogP) is 3.54. The van der Waals surface area contributed by atoms with Crippen molar-refractivity contribution in [2.45, 2.75) is 31.5 Å². The Morgan fingerprint density at radius 1 is 1.19 bits per heavy atom. The van der Waals surface area contributed by atoms with Gasteiger partial charge in [-0.05, 0) is 53.1 Å². The molecular weight excluding hydrogens is 332 g/mol. The summed E-state index contributed by atoms with van der Waals surface area (Å²) < 4.78 is 36.7. The van der Waals surface area contributed by atoms with Crippen molar-refractivity contribution in [3.8, 4) is 0 Å². The lowest BCUT2D eigenvalue weighted by molar-refractivity contribution is -0.139. The zero-order valence-electron chi connectivity index (χ0n) is 8.47. The van der Waals surface area contributed by atoms with Crippen LogP contribution in [0.3, 0.4) is 0 Å². The Morgan fingerprint density at radius 3 is 2.25 bits per heavy atom. The number of aliphatic hydroxyl groups excluding tert-OH is 1. The molecule has 0 bridgehead atoms. The average molecular weight is 344 g/mol. The zero-order valence-corrected chi connectivity index (χ0v) is 10.6. The van der Waals surface area contributed by atoms with Gasteiger partial charge in [-0.3, -0.25) is 0 Å². The zero-order chi connectivity index (χ0) is 12.2. The molecule has 0 fully saturated rings. The quantitative estimate of drug-likeness (QED) is 0.829. The van der Waals surface area contributed by atoms with Gasteiger partial charge in [0.25, 0.3) is 0 Å². The van der Waals surface area contributed by atoms with E-state index in [1.54, 1.807) is 0 Å². The van der Waals surface area contributed by atoms with E-state index >= 15 is 0 Å². The molecule has 0 radical (unpaired) electrons. The van der Waals surface area contributed by atoms with E-state index in [1.807, 2.05) is 24.3 Å². The van der Waals surface area contributed by atoms with Gasteiger partial charge in [-0.1, -0.05) is 12.1 Å². The molecule has 5 heteroatoms. The SMILES string of the molecule is OC(CCC(F)(F)F)Cc1ccc(I)cc1. The molecule has 0 amide bonds. The summed E-state index contributed by atoms with van der Waals surface area (Å²) in [7, 11) is 0. The number of benzene rings is 1. The molecule has 0 aromatic heterocycles. The number of alkyl halides is 3. The Labute approximate surface area is 106 Å². The summed E-state index contributed by atoms with van der Waals surface area (Å²) in [6.45, 7) is 0. The molecule has 0 heterocycles. The Kier molecular flexibility index (Phi) is 5.04. The van der Waals surface area contributed by atoms with E-state index < -0.39 is 18.7 Å². The minimum Gasteiger partial charge on any atom is -0.393 e. The van der Waals surface area contributed by atoms with Crippen LogP contribution in [-0.2, 0) is 6.42 Å². The maximum atomic E-state index is 11.9. The van der Waals surface area contributed by atoms with E-state index in [0.717, 1.165) is 9.13 Å². The topological polar surface area (TPSA) is 20.2 Å². The summed E-state index contributed by atoms with van der Waals surface area (Å²) in [5.41, 5.74) is 0.857. The second-order valence-corrected chi connectivity index (χ2v) is 4.88. The fraction of sp³-hybridized carbons (Fsp3) is 0.455. The van der Waals surface area contributed by atoms with Crippen LogP contribution in [0, 0.1) is 3.57 Å². The fourth-order valence-electron chi connectivity index (χ4n) is 1.32. The molecule has 1 unspecified atom stereocenters. The van der Waals surface area contributed by atoms with Crippen molar-refractivity contribution >= 4 is 22.6 Å². The third kappa shape index (κ3) is 5.69. The Bertz CT molecular complexity index is 321. The van der Waals surface area contributed by atoms with Crippen LogP contribution in [0.2, 0.25) is 0 Å². The van der Waals surface area contributed by atoms with Crippen LogP contribution in [0.25, 0.3) is 0 Å².